The molecule has 0 bridgehead atoms. The van der Waals surface area contributed by atoms with Gasteiger partial charge in [-0.05, 0) is 50.4 Å². The van der Waals surface area contributed by atoms with Crippen LogP contribution in [-0.2, 0) is 0 Å². The van der Waals surface area contributed by atoms with Gasteiger partial charge in [0.2, 0.25) is 0 Å². The summed E-state index contributed by atoms with van der Waals surface area (Å²) >= 11 is 2.47. The smallest absolute Gasteiger partial charge is 0.127 e. The molecule has 0 unspecified atom stereocenters. The third-order valence-corrected chi connectivity index (χ3v) is 5.35. The minimum Gasteiger partial charge on any atom is -0.496 e. The van der Waals surface area contributed by atoms with Crippen LogP contribution in [0.5, 0.6) is 5.75 Å². The Bertz CT molecular complexity index is 1010. The Morgan fingerprint density at radius 3 is 2.09 bits per heavy atom. The molecule has 4 rings (SSSR count). The Morgan fingerprint density at radius 2 is 1.35 bits per heavy atom. The molecule has 0 radical (unpaired) electrons. The summed E-state index contributed by atoms with van der Waals surface area (Å²) < 4.78 is 6.96. The number of methoxy groups -OCH3 is 1. The molecule has 0 atom stereocenters. The lowest BCUT2D eigenvalue weighted by molar-refractivity contribution is 0.420. The number of halogens is 1. The number of benzene rings is 4. The highest BCUT2D eigenvalue weighted by Crippen LogP contribution is 2.43. The van der Waals surface area contributed by atoms with Crippen LogP contribution in [0, 0.1) is 3.57 Å². The van der Waals surface area contributed by atoms with Gasteiger partial charge in [-0.25, -0.2) is 0 Å². The van der Waals surface area contributed by atoms with E-state index in [1.807, 2.05) is 6.07 Å². The van der Waals surface area contributed by atoms with Crippen molar-refractivity contribution < 1.29 is 4.74 Å². The van der Waals surface area contributed by atoms with Gasteiger partial charge in [0, 0.05) is 14.5 Å². The summed E-state index contributed by atoms with van der Waals surface area (Å²) in [5, 5.41) is 4.97. The van der Waals surface area contributed by atoms with Gasteiger partial charge in [0.15, 0.2) is 0 Å². The second-order valence-corrected chi connectivity index (χ2v) is 6.56. The molecule has 0 N–H and O–H groups in total. The molecular weight excluding hydrogens is 395 g/mol. The third-order valence-electron chi connectivity index (χ3n) is 4.23. The minimum absolute atomic E-state index is 0.921. The van der Waals surface area contributed by atoms with Gasteiger partial charge in [0.05, 0.1) is 7.11 Å². The first kappa shape index (κ1) is 14.5. The number of rotatable bonds is 2. The third kappa shape index (κ3) is 2.29. The molecule has 0 saturated carbocycles. The zero-order valence-corrected chi connectivity index (χ0v) is 14.9. The van der Waals surface area contributed by atoms with Crippen molar-refractivity contribution in [3.05, 3.63) is 76.4 Å². The fourth-order valence-corrected chi connectivity index (χ4v) is 4.26. The van der Waals surface area contributed by atoms with Crippen molar-refractivity contribution in [2.45, 2.75) is 0 Å². The molecule has 0 spiro atoms. The van der Waals surface area contributed by atoms with Crippen LogP contribution in [0.4, 0.5) is 0 Å². The SMILES string of the molecule is COc1cccc2c1c(-c1ccccc1)c(I)c1ccccc12. The van der Waals surface area contributed by atoms with E-state index in [0.717, 1.165) is 5.75 Å². The zero-order valence-electron chi connectivity index (χ0n) is 12.7. The van der Waals surface area contributed by atoms with Crippen molar-refractivity contribution in [2.24, 2.45) is 0 Å². The molecule has 0 aliphatic rings. The van der Waals surface area contributed by atoms with Crippen LogP contribution < -0.4 is 4.74 Å². The van der Waals surface area contributed by atoms with Crippen LogP contribution in [0.25, 0.3) is 32.7 Å². The average molecular weight is 410 g/mol. The van der Waals surface area contributed by atoms with E-state index >= 15 is 0 Å². The van der Waals surface area contributed by atoms with Gasteiger partial charge in [-0.1, -0.05) is 66.7 Å². The Kier molecular flexibility index (Phi) is 3.69. The number of fused-ring (bicyclic) bond motifs is 3. The summed E-state index contributed by atoms with van der Waals surface area (Å²) in [4.78, 5) is 0. The Balaban J connectivity index is 2.29. The van der Waals surface area contributed by atoms with E-state index < -0.39 is 0 Å². The summed E-state index contributed by atoms with van der Waals surface area (Å²) in [6.07, 6.45) is 0. The monoisotopic (exact) mass is 410 g/mol. The van der Waals surface area contributed by atoms with Crippen molar-refractivity contribution in [2.75, 3.05) is 7.11 Å². The van der Waals surface area contributed by atoms with Crippen LogP contribution in [0.1, 0.15) is 0 Å². The van der Waals surface area contributed by atoms with E-state index in [9.17, 15) is 0 Å². The average Bonchev–Trinajstić information content (AvgIpc) is 2.62. The molecule has 0 amide bonds. The Labute approximate surface area is 149 Å². The fourth-order valence-electron chi connectivity index (χ4n) is 3.21. The molecule has 0 saturated heterocycles. The van der Waals surface area contributed by atoms with Gasteiger partial charge in [-0.15, -0.1) is 0 Å². The molecule has 2 heteroatoms. The van der Waals surface area contributed by atoms with Crippen molar-refractivity contribution >= 4 is 44.1 Å². The first-order valence-corrected chi connectivity index (χ1v) is 8.61. The highest BCUT2D eigenvalue weighted by molar-refractivity contribution is 14.1. The van der Waals surface area contributed by atoms with E-state index in [1.165, 1.54) is 36.2 Å². The Hall–Kier alpha value is -2.07. The van der Waals surface area contributed by atoms with Crippen molar-refractivity contribution in [3.63, 3.8) is 0 Å². The fraction of sp³-hybridized carbons (Fsp3) is 0.0476. The largest absolute Gasteiger partial charge is 0.496 e. The second-order valence-electron chi connectivity index (χ2n) is 5.48. The molecule has 4 aromatic carbocycles. The summed E-state index contributed by atoms with van der Waals surface area (Å²) in [5.41, 5.74) is 2.47. The lowest BCUT2D eigenvalue weighted by Gasteiger charge is -2.16. The summed E-state index contributed by atoms with van der Waals surface area (Å²) in [7, 11) is 1.74. The predicted octanol–water partition coefficient (Wildman–Crippen LogP) is 6.27. The Morgan fingerprint density at radius 1 is 0.696 bits per heavy atom. The van der Waals surface area contributed by atoms with Gasteiger partial charge < -0.3 is 4.74 Å². The molecule has 0 fully saturated rings. The molecule has 1 nitrogen and oxygen atoms in total. The van der Waals surface area contributed by atoms with Gasteiger partial charge in [0.25, 0.3) is 0 Å². The molecule has 0 heterocycles. The summed E-state index contributed by atoms with van der Waals surface area (Å²) in [5.74, 6) is 0.921. The maximum Gasteiger partial charge on any atom is 0.127 e. The maximum atomic E-state index is 5.69. The lowest BCUT2D eigenvalue weighted by atomic mass is 9.93. The van der Waals surface area contributed by atoms with E-state index in [0.29, 0.717) is 0 Å². The molecular formula is C21H15IO. The molecule has 0 aliphatic heterocycles. The van der Waals surface area contributed by atoms with Crippen LogP contribution in [0.15, 0.2) is 72.8 Å². The van der Waals surface area contributed by atoms with Gasteiger partial charge in [0.1, 0.15) is 5.75 Å². The zero-order chi connectivity index (χ0) is 15.8. The summed E-state index contributed by atoms with van der Waals surface area (Å²) in [6.45, 7) is 0. The van der Waals surface area contributed by atoms with E-state index in [2.05, 4.69) is 89.3 Å². The molecule has 0 aromatic heterocycles. The molecule has 0 aliphatic carbocycles. The van der Waals surface area contributed by atoms with Gasteiger partial charge in [-0.3, -0.25) is 0 Å². The minimum atomic E-state index is 0.921. The van der Waals surface area contributed by atoms with Crippen LogP contribution in [-0.4, -0.2) is 7.11 Å². The normalized spacial score (nSPS) is 11.0. The highest BCUT2D eigenvalue weighted by atomic mass is 127. The van der Waals surface area contributed by atoms with Crippen molar-refractivity contribution in [3.8, 4) is 16.9 Å². The van der Waals surface area contributed by atoms with Gasteiger partial charge >= 0.3 is 0 Å². The number of hydrogen-bond acceptors (Lipinski definition) is 1. The molecule has 23 heavy (non-hydrogen) atoms. The van der Waals surface area contributed by atoms with E-state index in [1.54, 1.807) is 7.11 Å². The topological polar surface area (TPSA) is 9.23 Å². The highest BCUT2D eigenvalue weighted by Gasteiger charge is 2.16. The molecule has 4 aromatic rings. The number of hydrogen-bond donors (Lipinski definition) is 0. The number of ether oxygens (including phenoxy) is 1. The van der Waals surface area contributed by atoms with Crippen LogP contribution >= 0.6 is 22.6 Å². The van der Waals surface area contributed by atoms with Crippen LogP contribution in [0.2, 0.25) is 0 Å². The van der Waals surface area contributed by atoms with Crippen molar-refractivity contribution in [1.82, 2.24) is 0 Å². The first-order chi connectivity index (χ1) is 11.3. The predicted molar refractivity (Wildman–Crippen MR) is 106 cm³/mol. The quantitative estimate of drug-likeness (QED) is 0.280. The lowest BCUT2D eigenvalue weighted by Crippen LogP contribution is -1.93. The van der Waals surface area contributed by atoms with E-state index in [-0.39, 0.29) is 0 Å². The van der Waals surface area contributed by atoms with Crippen LogP contribution in [0.3, 0.4) is 0 Å². The molecule has 112 valence electrons. The maximum absolute atomic E-state index is 5.69. The summed E-state index contributed by atoms with van der Waals surface area (Å²) in [6, 6.07) is 25.4. The standard InChI is InChI=1S/C21H15IO/c1-23-18-13-7-12-16-15-10-5-6-11-17(15)21(22)19(20(16)18)14-8-3-2-4-9-14/h2-13H,1H3. The second kappa shape index (κ2) is 5.85. The first-order valence-electron chi connectivity index (χ1n) is 7.53. The van der Waals surface area contributed by atoms with E-state index in [4.69, 9.17) is 4.74 Å². The van der Waals surface area contributed by atoms with Gasteiger partial charge in [-0.2, -0.15) is 0 Å². The van der Waals surface area contributed by atoms with Crippen molar-refractivity contribution in [1.29, 1.82) is 0 Å².